The number of oxazole rings is 1. The number of thiophene rings is 1. The van der Waals surface area contributed by atoms with E-state index in [0.29, 0.717) is 49.1 Å². The number of amides is 1. The average Bonchev–Trinajstić information content (AvgIpc) is 3.29. The average molecular weight is 428 g/mol. The lowest BCUT2D eigenvalue weighted by Gasteiger charge is -2.30. The number of rotatable bonds is 5. The summed E-state index contributed by atoms with van der Waals surface area (Å²) in [5.74, 6) is -0.567. The largest absolute Gasteiger partial charge is 0.462 e. The Kier molecular flexibility index (Phi) is 5.76. The summed E-state index contributed by atoms with van der Waals surface area (Å²) in [7, 11) is 0. The standard InChI is InChI=1S/C22H25N3O4S/c1-4-28-21(27)18-13(2)14(3)30-20(18)24-19(26)15-9-11-25(12-10-15)22-23-16-7-5-6-8-17(16)29-22/h5-8,15H,4,9-12H2,1-3H3,(H,24,26). The number of piperidine rings is 1. The molecule has 0 radical (unpaired) electrons. The number of ether oxygens (including phenoxy) is 1. The van der Waals surface area contributed by atoms with Crippen molar-refractivity contribution in [2.75, 3.05) is 29.9 Å². The van der Waals surface area contributed by atoms with E-state index in [0.717, 1.165) is 21.5 Å². The zero-order valence-electron chi connectivity index (χ0n) is 17.4. The molecule has 1 saturated heterocycles. The number of anilines is 2. The molecule has 1 aliphatic heterocycles. The number of fused-ring (bicyclic) bond motifs is 1. The zero-order valence-corrected chi connectivity index (χ0v) is 18.2. The molecular formula is C22H25N3O4S. The third-order valence-corrected chi connectivity index (χ3v) is 6.64. The first-order chi connectivity index (χ1) is 14.5. The first-order valence-electron chi connectivity index (χ1n) is 10.2. The number of benzene rings is 1. The predicted octanol–water partition coefficient (Wildman–Crippen LogP) is 4.54. The molecule has 4 rings (SSSR count). The lowest BCUT2D eigenvalue weighted by Crippen LogP contribution is -2.38. The molecule has 0 unspecified atom stereocenters. The normalized spacial score (nSPS) is 14.8. The Bertz CT molecular complexity index is 1050. The number of hydrogen-bond donors (Lipinski definition) is 1. The number of aromatic nitrogens is 1. The molecule has 1 fully saturated rings. The van der Waals surface area contributed by atoms with E-state index in [1.54, 1.807) is 6.92 Å². The monoisotopic (exact) mass is 427 g/mol. The number of para-hydroxylation sites is 2. The fourth-order valence-electron chi connectivity index (χ4n) is 3.71. The van der Waals surface area contributed by atoms with Gasteiger partial charge in [-0.15, -0.1) is 11.3 Å². The van der Waals surface area contributed by atoms with Gasteiger partial charge in [0.2, 0.25) is 5.91 Å². The fourth-order valence-corrected chi connectivity index (χ4v) is 4.76. The van der Waals surface area contributed by atoms with Crippen LogP contribution in [-0.2, 0) is 9.53 Å². The van der Waals surface area contributed by atoms with Crippen molar-refractivity contribution < 1.29 is 18.7 Å². The molecule has 1 amide bonds. The highest BCUT2D eigenvalue weighted by atomic mass is 32.1. The summed E-state index contributed by atoms with van der Waals surface area (Å²) in [5, 5.41) is 3.56. The van der Waals surface area contributed by atoms with Crippen LogP contribution in [0.5, 0.6) is 0 Å². The number of esters is 1. The van der Waals surface area contributed by atoms with E-state index in [1.165, 1.54) is 11.3 Å². The van der Waals surface area contributed by atoms with Gasteiger partial charge >= 0.3 is 5.97 Å². The second-order valence-corrected chi connectivity index (χ2v) is 8.65. The van der Waals surface area contributed by atoms with Gasteiger partial charge in [-0.25, -0.2) is 4.79 Å². The maximum atomic E-state index is 12.9. The Morgan fingerprint density at radius 1 is 1.27 bits per heavy atom. The molecule has 0 bridgehead atoms. The second-order valence-electron chi connectivity index (χ2n) is 7.42. The van der Waals surface area contributed by atoms with Gasteiger partial charge in [0.1, 0.15) is 10.5 Å². The van der Waals surface area contributed by atoms with E-state index in [1.807, 2.05) is 38.1 Å². The Labute approximate surface area is 179 Å². The summed E-state index contributed by atoms with van der Waals surface area (Å²) in [6, 6.07) is 8.28. The molecule has 1 aliphatic rings. The van der Waals surface area contributed by atoms with E-state index in [2.05, 4.69) is 15.2 Å². The van der Waals surface area contributed by atoms with Crippen LogP contribution in [0.4, 0.5) is 11.0 Å². The topological polar surface area (TPSA) is 84.7 Å². The second kappa shape index (κ2) is 8.47. The summed E-state index contributed by atoms with van der Waals surface area (Å²) >= 11 is 1.42. The number of carbonyl (C=O) groups is 2. The van der Waals surface area contributed by atoms with Crippen LogP contribution in [0.3, 0.4) is 0 Å². The molecule has 0 aliphatic carbocycles. The lowest BCUT2D eigenvalue weighted by atomic mass is 9.96. The van der Waals surface area contributed by atoms with Crippen molar-refractivity contribution >= 4 is 45.3 Å². The molecule has 30 heavy (non-hydrogen) atoms. The lowest BCUT2D eigenvalue weighted by molar-refractivity contribution is -0.120. The zero-order chi connectivity index (χ0) is 21.3. The highest BCUT2D eigenvalue weighted by molar-refractivity contribution is 7.16. The molecule has 0 spiro atoms. The first kappa shape index (κ1) is 20.4. The summed E-state index contributed by atoms with van der Waals surface area (Å²) in [5.41, 5.74) is 2.93. The minimum Gasteiger partial charge on any atom is -0.462 e. The van der Waals surface area contributed by atoms with Crippen LogP contribution in [-0.4, -0.2) is 36.6 Å². The van der Waals surface area contributed by atoms with Crippen molar-refractivity contribution in [3.8, 4) is 0 Å². The molecule has 3 aromatic rings. The van der Waals surface area contributed by atoms with Crippen molar-refractivity contribution in [1.82, 2.24) is 4.98 Å². The van der Waals surface area contributed by atoms with Crippen molar-refractivity contribution in [2.24, 2.45) is 5.92 Å². The fraction of sp³-hybridized carbons (Fsp3) is 0.409. The molecule has 8 heteroatoms. The Hall–Kier alpha value is -2.87. The Morgan fingerprint density at radius 3 is 2.70 bits per heavy atom. The Balaban J connectivity index is 1.41. The highest BCUT2D eigenvalue weighted by Crippen LogP contribution is 2.34. The number of nitrogens with one attached hydrogen (secondary N) is 1. The van der Waals surface area contributed by atoms with Crippen molar-refractivity contribution in [3.05, 3.63) is 40.3 Å². The maximum Gasteiger partial charge on any atom is 0.341 e. The summed E-state index contributed by atoms with van der Waals surface area (Å²) in [6.45, 7) is 7.28. The van der Waals surface area contributed by atoms with Gasteiger partial charge < -0.3 is 19.4 Å². The summed E-state index contributed by atoms with van der Waals surface area (Å²) < 4.78 is 11.0. The number of nitrogens with zero attached hydrogens (tertiary/aromatic N) is 2. The minimum absolute atomic E-state index is 0.0565. The van der Waals surface area contributed by atoms with Crippen molar-refractivity contribution in [2.45, 2.75) is 33.6 Å². The summed E-state index contributed by atoms with van der Waals surface area (Å²) in [4.78, 5) is 32.9. The maximum absolute atomic E-state index is 12.9. The predicted molar refractivity (Wildman–Crippen MR) is 117 cm³/mol. The number of aryl methyl sites for hydroxylation is 1. The minimum atomic E-state index is -0.388. The van der Waals surface area contributed by atoms with E-state index in [9.17, 15) is 9.59 Å². The van der Waals surface area contributed by atoms with Gasteiger partial charge in [0, 0.05) is 23.9 Å². The number of hydrogen-bond acceptors (Lipinski definition) is 7. The van der Waals surface area contributed by atoms with Crippen molar-refractivity contribution in [3.63, 3.8) is 0 Å². The van der Waals surface area contributed by atoms with Crippen molar-refractivity contribution in [1.29, 1.82) is 0 Å². The van der Waals surface area contributed by atoms with Crippen LogP contribution in [0.1, 0.15) is 40.6 Å². The third kappa shape index (κ3) is 3.92. The van der Waals surface area contributed by atoms with Gasteiger partial charge in [0.15, 0.2) is 5.58 Å². The molecule has 158 valence electrons. The molecule has 3 heterocycles. The van der Waals surface area contributed by atoms with Crippen LogP contribution >= 0.6 is 11.3 Å². The molecule has 0 saturated carbocycles. The smallest absolute Gasteiger partial charge is 0.341 e. The van der Waals surface area contributed by atoms with Crippen LogP contribution in [0.2, 0.25) is 0 Å². The summed E-state index contributed by atoms with van der Waals surface area (Å²) in [6.07, 6.45) is 1.39. The first-order valence-corrected chi connectivity index (χ1v) is 11.0. The van der Waals surface area contributed by atoms with E-state index >= 15 is 0 Å². The van der Waals surface area contributed by atoms with Crippen LogP contribution < -0.4 is 10.2 Å². The Morgan fingerprint density at radius 2 is 2.00 bits per heavy atom. The van der Waals surface area contributed by atoms with Gasteiger partial charge in [-0.1, -0.05) is 12.1 Å². The highest BCUT2D eigenvalue weighted by Gasteiger charge is 2.29. The molecule has 0 atom stereocenters. The molecule has 7 nitrogen and oxygen atoms in total. The van der Waals surface area contributed by atoms with Gasteiger partial charge in [-0.2, -0.15) is 4.98 Å². The van der Waals surface area contributed by atoms with Gasteiger partial charge in [-0.3, -0.25) is 4.79 Å². The quantitative estimate of drug-likeness (QED) is 0.602. The van der Waals surface area contributed by atoms with Gasteiger partial charge in [0.05, 0.1) is 12.2 Å². The van der Waals surface area contributed by atoms with Crippen LogP contribution in [0.25, 0.3) is 11.1 Å². The number of carbonyl (C=O) groups excluding carboxylic acids is 2. The van der Waals surface area contributed by atoms with E-state index in [-0.39, 0.29) is 17.8 Å². The van der Waals surface area contributed by atoms with E-state index < -0.39 is 0 Å². The molecule has 2 aromatic heterocycles. The molecule has 1 N–H and O–H groups in total. The van der Waals surface area contributed by atoms with E-state index in [4.69, 9.17) is 9.15 Å². The molecular weight excluding hydrogens is 402 g/mol. The SMILES string of the molecule is CCOC(=O)c1c(NC(=O)C2CCN(c3nc4ccccc4o3)CC2)sc(C)c1C. The molecule has 1 aromatic carbocycles. The van der Waals surface area contributed by atoms with Gasteiger partial charge in [0.25, 0.3) is 6.01 Å². The third-order valence-electron chi connectivity index (χ3n) is 5.52. The van der Waals surface area contributed by atoms with Crippen LogP contribution in [0.15, 0.2) is 28.7 Å². The van der Waals surface area contributed by atoms with Gasteiger partial charge in [-0.05, 0) is 51.3 Å². The van der Waals surface area contributed by atoms with Crippen LogP contribution in [0, 0.1) is 19.8 Å².